The highest BCUT2D eigenvalue weighted by molar-refractivity contribution is 5.89. The number of esters is 1. The number of carbonyl (C=O) groups is 2. The number of aliphatic hydroxyl groups is 1. The summed E-state index contributed by atoms with van der Waals surface area (Å²) < 4.78 is 17.8. The highest BCUT2D eigenvalue weighted by atomic mass is 19.1. The van der Waals surface area contributed by atoms with Crippen molar-refractivity contribution < 1.29 is 23.8 Å². The number of aliphatic hydroxyl groups excluding tert-OH is 1. The van der Waals surface area contributed by atoms with E-state index in [0.717, 1.165) is 18.5 Å². The molecule has 1 N–H and O–H groups in total. The molecule has 1 fully saturated rings. The predicted molar refractivity (Wildman–Crippen MR) is 110 cm³/mol. The largest absolute Gasteiger partial charge is 0.465 e. The minimum atomic E-state index is -0.713. The van der Waals surface area contributed by atoms with Gasteiger partial charge in [0.15, 0.2) is 0 Å². The van der Waals surface area contributed by atoms with Crippen LogP contribution in [0.5, 0.6) is 0 Å². The molecule has 160 valence electrons. The van der Waals surface area contributed by atoms with Crippen LogP contribution in [-0.4, -0.2) is 53.7 Å². The Morgan fingerprint density at radius 1 is 1.13 bits per heavy atom. The molecule has 30 heavy (non-hydrogen) atoms. The van der Waals surface area contributed by atoms with Crippen molar-refractivity contribution in [1.29, 1.82) is 0 Å². The third-order valence-electron chi connectivity index (χ3n) is 5.34. The lowest BCUT2D eigenvalue weighted by Gasteiger charge is -2.39. The van der Waals surface area contributed by atoms with E-state index in [1.165, 1.54) is 19.2 Å². The van der Waals surface area contributed by atoms with Crippen molar-refractivity contribution in [3.05, 3.63) is 71.0 Å². The van der Waals surface area contributed by atoms with Gasteiger partial charge in [0.2, 0.25) is 5.91 Å². The number of ether oxygens (including phenoxy) is 1. The molecule has 2 aromatic rings. The molecule has 0 radical (unpaired) electrons. The van der Waals surface area contributed by atoms with E-state index in [4.69, 9.17) is 4.74 Å². The van der Waals surface area contributed by atoms with E-state index >= 15 is 0 Å². The van der Waals surface area contributed by atoms with Crippen LogP contribution in [0, 0.1) is 5.82 Å². The number of carbonyl (C=O) groups excluding carboxylic acids is 2. The molecule has 0 aromatic heterocycles. The van der Waals surface area contributed by atoms with Crippen LogP contribution >= 0.6 is 0 Å². The van der Waals surface area contributed by atoms with Crippen molar-refractivity contribution in [2.45, 2.75) is 31.8 Å². The Balaban J connectivity index is 1.57. The van der Waals surface area contributed by atoms with E-state index < -0.39 is 6.10 Å². The predicted octanol–water partition coefficient (Wildman–Crippen LogP) is 3.12. The smallest absolute Gasteiger partial charge is 0.337 e. The van der Waals surface area contributed by atoms with Gasteiger partial charge in [-0.15, -0.1) is 0 Å². The van der Waals surface area contributed by atoms with Gasteiger partial charge in [-0.1, -0.05) is 24.3 Å². The number of methoxy groups -OCH3 is 1. The molecule has 1 heterocycles. The van der Waals surface area contributed by atoms with Gasteiger partial charge in [-0.05, 0) is 54.7 Å². The number of amides is 1. The number of halogens is 1. The summed E-state index contributed by atoms with van der Waals surface area (Å²) >= 11 is 0. The Morgan fingerprint density at radius 3 is 2.50 bits per heavy atom. The summed E-state index contributed by atoms with van der Waals surface area (Å²) in [6.45, 7) is 1.82. The molecule has 1 unspecified atom stereocenters. The fraction of sp³-hybridized carbons (Fsp3) is 0.391. The molecule has 7 heteroatoms. The Morgan fingerprint density at radius 2 is 1.83 bits per heavy atom. The third kappa shape index (κ3) is 5.64. The molecule has 1 amide bonds. The van der Waals surface area contributed by atoms with Crippen molar-refractivity contribution >= 4 is 11.9 Å². The molecule has 0 saturated carbocycles. The van der Waals surface area contributed by atoms with Crippen LogP contribution in [0.2, 0.25) is 0 Å². The van der Waals surface area contributed by atoms with E-state index in [-0.39, 0.29) is 17.7 Å². The number of hydrogen-bond donors (Lipinski definition) is 1. The lowest BCUT2D eigenvalue weighted by atomic mass is 10.1. The van der Waals surface area contributed by atoms with Crippen LogP contribution in [0.1, 0.15) is 46.9 Å². The summed E-state index contributed by atoms with van der Waals surface area (Å²) in [5, 5.41) is 14.1. The SMILES string of the molecule is COC(=O)c1ccc(CCN2C(=O)CCCN2CCC(O)c2ccc(F)cc2)cc1. The van der Waals surface area contributed by atoms with E-state index in [1.807, 2.05) is 17.1 Å². The molecule has 0 spiro atoms. The fourth-order valence-electron chi connectivity index (χ4n) is 3.60. The van der Waals surface area contributed by atoms with Crippen LogP contribution < -0.4 is 0 Å². The van der Waals surface area contributed by atoms with Gasteiger partial charge in [-0.2, -0.15) is 0 Å². The van der Waals surface area contributed by atoms with Crippen LogP contribution in [0.3, 0.4) is 0 Å². The number of hydrogen-bond acceptors (Lipinski definition) is 5. The summed E-state index contributed by atoms with van der Waals surface area (Å²) in [6.07, 6.45) is 1.69. The zero-order valence-electron chi connectivity index (χ0n) is 17.1. The average Bonchev–Trinajstić information content (AvgIpc) is 2.77. The van der Waals surface area contributed by atoms with Crippen molar-refractivity contribution in [1.82, 2.24) is 10.0 Å². The molecule has 2 aromatic carbocycles. The highest BCUT2D eigenvalue weighted by Gasteiger charge is 2.26. The van der Waals surface area contributed by atoms with Crippen molar-refractivity contribution in [3.63, 3.8) is 0 Å². The molecule has 1 aliphatic heterocycles. The lowest BCUT2D eigenvalue weighted by molar-refractivity contribution is -0.156. The maximum atomic E-state index is 13.1. The normalized spacial score (nSPS) is 15.8. The second-order valence-corrected chi connectivity index (χ2v) is 7.37. The van der Waals surface area contributed by atoms with Crippen molar-refractivity contribution in [3.8, 4) is 0 Å². The van der Waals surface area contributed by atoms with Gasteiger partial charge in [-0.25, -0.2) is 14.2 Å². The van der Waals surface area contributed by atoms with Gasteiger partial charge < -0.3 is 9.84 Å². The minimum Gasteiger partial charge on any atom is -0.465 e. The summed E-state index contributed by atoms with van der Waals surface area (Å²) in [7, 11) is 1.35. The molecule has 1 saturated heterocycles. The first-order valence-electron chi connectivity index (χ1n) is 10.1. The number of nitrogens with zero attached hydrogens (tertiary/aromatic N) is 2. The summed E-state index contributed by atoms with van der Waals surface area (Å²) in [5.41, 5.74) is 2.18. The average molecular weight is 414 g/mol. The van der Waals surface area contributed by atoms with Crippen LogP contribution in [0.25, 0.3) is 0 Å². The zero-order valence-corrected chi connectivity index (χ0v) is 17.1. The summed E-state index contributed by atoms with van der Waals surface area (Å²) in [4.78, 5) is 24.0. The maximum absolute atomic E-state index is 13.1. The molecule has 1 atom stereocenters. The van der Waals surface area contributed by atoms with Crippen molar-refractivity contribution in [2.75, 3.05) is 26.7 Å². The van der Waals surface area contributed by atoms with Gasteiger partial charge in [0, 0.05) is 26.1 Å². The lowest BCUT2D eigenvalue weighted by Crippen LogP contribution is -2.51. The zero-order chi connectivity index (χ0) is 21.5. The van der Waals surface area contributed by atoms with Gasteiger partial charge in [0.25, 0.3) is 0 Å². The fourth-order valence-corrected chi connectivity index (χ4v) is 3.60. The molecule has 1 aliphatic rings. The van der Waals surface area contributed by atoms with Crippen LogP contribution in [0.15, 0.2) is 48.5 Å². The first-order chi connectivity index (χ1) is 14.5. The van der Waals surface area contributed by atoms with Gasteiger partial charge in [-0.3, -0.25) is 9.80 Å². The number of benzene rings is 2. The van der Waals surface area contributed by atoms with E-state index in [9.17, 15) is 19.1 Å². The summed E-state index contributed by atoms with van der Waals surface area (Å²) in [6, 6.07) is 13.0. The number of rotatable bonds is 8. The first-order valence-corrected chi connectivity index (χ1v) is 10.1. The topological polar surface area (TPSA) is 70.1 Å². The Bertz CT molecular complexity index is 855. The van der Waals surface area contributed by atoms with Crippen molar-refractivity contribution in [2.24, 2.45) is 0 Å². The minimum absolute atomic E-state index is 0.0729. The number of hydrazine groups is 1. The molecular weight excluding hydrogens is 387 g/mol. The van der Waals surface area contributed by atoms with Crippen LogP contribution in [-0.2, 0) is 16.0 Å². The van der Waals surface area contributed by atoms with E-state index in [0.29, 0.717) is 43.5 Å². The third-order valence-corrected chi connectivity index (χ3v) is 5.34. The Hall–Kier alpha value is -2.77. The Labute approximate surface area is 175 Å². The Kier molecular flexibility index (Phi) is 7.54. The molecule has 3 rings (SSSR count). The second-order valence-electron chi connectivity index (χ2n) is 7.37. The maximum Gasteiger partial charge on any atom is 0.337 e. The van der Waals surface area contributed by atoms with Gasteiger partial charge >= 0.3 is 5.97 Å². The molecule has 0 bridgehead atoms. The first kappa shape index (κ1) is 21.9. The molecule has 0 aliphatic carbocycles. The molecule has 6 nitrogen and oxygen atoms in total. The second kappa shape index (κ2) is 10.3. The van der Waals surface area contributed by atoms with Gasteiger partial charge in [0.1, 0.15) is 5.82 Å². The van der Waals surface area contributed by atoms with Gasteiger partial charge in [0.05, 0.1) is 18.8 Å². The monoisotopic (exact) mass is 414 g/mol. The van der Waals surface area contributed by atoms with E-state index in [2.05, 4.69) is 0 Å². The van der Waals surface area contributed by atoms with E-state index in [1.54, 1.807) is 29.3 Å². The summed E-state index contributed by atoms with van der Waals surface area (Å²) in [5.74, 6) is -0.638. The standard InChI is InChI=1S/C23H27FN2O4/c1-30-23(29)19-6-4-17(5-7-19)12-16-26-22(28)3-2-14-25(26)15-13-21(27)18-8-10-20(24)11-9-18/h4-11,21,27H,2-3,12-16H2,1H3. The molecular formula is C23H27FN2O4. The highest BCUT2D eigenvalue weighted by Crippen LogP contribution is 2.20. The van der Waals surface area contributed by atoms with Crippen LogP contribution in [0.4, 0.5) is 4.39 Å². The quantitative estimate of drug-likeness (QED) is 0.672.